The van der Waals surface area contributed by atoms with Crippen LogP contribution in [-0.2, 0) is 6.42 Å². The van der Waals surface area contributed by atoms with Crippen molar-refractivity contribution in [2.75, 3.05) is 11.9 Å². The van der Waals surface area contributed by atoms with Crippen LogP contribution in [0.2, 0.25) is 0 Å². The number of rotatable bonds is 4. The van der Waals surface area contributed by atoms with Crippen LogP contribution in [0.5, 0.6) is 0 Å². The molecule has 3 rings (SSSR count). The lowest BCUT2D eigenvalue weighted by Crippen LogP contribution is -2.24. The molecule has 3 nitrogen and oxygen atoms in total. The van der Waals surface area contributed by atoms with Gasteiger partial charge in [0.2, 0.25) is 0 Å². The van der Waals surface area contributed by atoms with Crippen LogP contribution in [0.3, 0.4) is 0 Å². The molecule has 0 amide bonds. The average Bonchev–Trinajstić information content (AvgIpc) is 2.53. The van der Waals surface area contributed by atoms with Crippen molar-refractivity contribution in [3.8, 4) is 5.69 Å². The number of nitrogens with one attached hydrogen (secondary N) is 1. The fourth-order valence-corrected chi connectivity index (χ4v) is 4.18. The van der Waals surface area contributed by atoms with E-state index in [0.717, 1.165) is 41.5 Å². The number of alkyl halides is 1. The Balaban J connectivity index is 2.17. The van der Waals surface area contributed by atoms with E-state index in [2.05, 4.69) is 35.9 Å². The second-order valence-electron chi connectivity index (χ2n) is 6.19. The quantitative estimate of drug-likeness (QED) is 0.825. The Bertz CT molecular complexity index is 743. The van der Waals surface area contributed by atoms with Gasteiger partial charge in [-0.3, -0.25) is 9.36 Å². The van der Waals surface area contributed by atoms with Crippen molar-refractivity contribution in [3.63, 3.8) is 0 Å². The molecular formula is C18H21ClN2OS. The van der Waals surface area contributed by atoms with Crippen LogP contribution in [-0.4, -0.2) is 15.8 Å². The highest BCUT2D eigenvalue weighted by Gasteiger charge is 2.24. The van der Waals surface area contributed by atoms with Crippen molar-refractivity contribution in [3.05, 3.63) is 52.2 Å². The first kappa shape index (κ1) is 16.5. The van der Waals surface area contributed by atoms with E-state index in [4.69, 9.17) is 11.6 Å². The third-order valence-corrected chi connectivity index (χ3v) is 5.46. The standard InChI is InChI=1S/C18H21ClN2OS/c1-12(2)11-20-17-10-15(22)14-8-9-16(19)23-18(14)21(17)13-6-4-3-5-7-13/h3-7,10,12,16,20H,8-9,11H2,1-2H3. The first-order chi connectivity index (χ1) is 11.1. The molecule has 5 heteroatoms. The number of pyridine rings is 1. The van der Waals surface area contributed by atoms with Gasteiger partial charge in [0.25, 0.3) is 0 Å². The van der Waals surface area contributed by atoms with E-state index in [-0.39, 0.29) is 10.1 Å². The molecule has 1 unspecified atom stereocenters. The number of nitrogens with zero attached hydrogens (tertiary/aromatic N) is 1. The molecule has 0 spiro atoms. The zero-order valence-corrected chi connectivity index (χ0v) is 15.0. The summed E-state index contributed by atoms with van der Waals surface area (Å²) in [6.45, 7) is 5.12. The Morgan fingerprint density at radius 2 is 2.09 bits per heavy atom. The normalized spacial score (nSPS) is 17.1. The largest absolute Gasteiger partial charge is 0.371 e. The van der Waals surface area contributed by atoms with Crippen molar-refractivity contribution in [2.24, 2.45) is 5.92 Å². The van der Waals surface area contributed by atoms with Crippen LogP contribution in [0, 0.1) is 5.92 Å². The Kier molecular flexibility index (Phi) is 5.02. The van der Waals surface area contributed by atoms with E-state index >= 15 is 0 Å². The molecule has 2 aromatic rings. The van der Waals surface area contributed by atoms with Gasteiger partial charge < -0.3 is 5.32 Å². The molecule has 122 valence electrons. The first-order valence-corrected chi connectivity index (χ1v) is 9.27. The molecular weight excluding hydrogens is 328 g/mol. The summed E-state index contributed by atoms with van der Waals surface area (Å²) >= 11 is 7.95. The van der Waals surface area contributed by atoms with E-state index in [0.29, 0.717) is 5.92 Å². The van der Waals surface area contributed by atoms with E-state index in [1.54, 1.807) is 17.8 Å². The monoisotopic (exact) mass is 348 g/mol. The lowest BCUT2D eigenvalue weighted by atomic mass is 10.1. The van der Waals surface area contributed by atoms with Crippen LogP contribution in [0.25, 0.3) is 5.69 Å². The van der Waals surface area contributed by atoms with E-state index in [1.165, 1.54) is 0 Å². The molecule has 1 aromatic heterocycles. The summed E-state index contributed by atoms with van der Waals surface area (Å²) < 4.78 is 2.15. The summed E-state index contributed by atoms with van der Waals surface area (Å²) in [5.41, 5.74) is 2.04. The summed E-state index contributed by atoms with van der Waals surface area (Å²) in [4.78, 5) is 12.5. The van der Waals surface area contributed by atoms with Gasteiger partial charge in [0, 0.05) is 23.9 Å². The molecule has 1 aliphatic heterocycles. The zero-order valence-electron chi connectivity index (χ0n) is 13.4. The number of anilines is 1. The maximum absolute atomic E-state index is 12.5. The van der Waals surface area contributed by atoms with Crippen molar-refractivity contribution < 1.29 is 0 Å². The molecule has 2 heterocycles. The Labute approximate surface area is 146 Å². The lowest BCUT2D eigenvalue weighted by Gasteiger charge is -2.26. The van der Waals surface area contributed by atoms with Gasteiger partial charge in [-0.25, -0.2) is 0 Å². The minimum atomic E-state index is 0.0113. The van der Waals surface area contributed by atoms with Crippen molar-refractivity contribution in [2.45, 2.75) is 36.4 Å². The Morgan fingerprint density at radius 3 is 2.78 bits per heavy atom. The number of halogens is 1. The predicted octanol–water partition coefficient (Wildman–Crippen LogP) is 4.51. The number of hydrogen-bond acceptors (Lipinski definition) is 3. The predicted molar refractivity (Wildman–Crippen MR) is 99.2 cm³/mol. The molecule has 23 heavy (non-hydrogen) atoms. The van der Waals surface area contributed by atoms with Crippen molar-refractivity contribution in [1.29, 1.82) is 0 Å². The third kappa shape index (κ3) is 3.59. The number of hydrogen-bond donors (Lipinski definition) is 1. The minimum absolute atomic E-state index is 0.0113. The summed E-state index contributed by atoms with van der Waals surface area (Å²) in [5, 5.41) is 4.40. The van der Waals surface area contributed by atoms with Gasteiger partial charge >= 0.3 is 0 Å². The molecule has 1 aliphatic rings. The van der Waals surface area contributed by atoms with Crippen LogP contribution in [0.4, 0.5) is 5.82 Å². The van der Waals surface area contributed by atoms with Gasteiger partial charge in [-0.2, -0.15) is 0 Å². The Hall–Kier alpha value is -1.39. The number of aromatic nitrogens is 1. The fourth-order valence-electron chi connectivity index (χ4n) is 2.69. The molecule has 0 fully saturated rings. The minimum Gasteiger partial charge on any atom is -0.371 e. The van der Waals surface area contributed by atoms with E-state index < -0.39 is 0 Å². The van der Waals surface area contributed by atoms with Crippen LogP contribution >= 0.6 is 23.4 Å². The van der Waals surface area contributed by atoms with E-state index in [1.807, 2.05) is 18.2 Å². The summed E-state index contributed by atoms with van der Waals surface area (Å²) in [7, 11) is 0. The summed E-state index contributed by atoms with van der Waals surface area (Å²) in [5.74, 6) is 1.34. The zero-order chi connectivity index (χ0) is 16.4. The van der Waals surface area contributed by atoms with Gasteiger partial charge in [-0.1, -0.05) is 43.8 Å². The molecule has 0 radical (unpaired) electrons. The molecule has 1 aromatic carbocycles. The highest BCUT2D eigenvalue weighted by Crippen LogP contribution is 2.38. The third-order valence-electron chi connectivity index (χ3n) is 3.83. The van der Waals surface area contributed by atoms with Gasteiger partial charge in [0.1, 0.15) is 5.82 Å². The second kappa shape index (κ2) is 7.02. The van der Waals surface area contributed by atoms with Gasteiger partial charge in [0.15, 0.2) is 5.43 Å². The van der Waals surface area contributed by atoms with Crippen LogP contribution in [0.1, 0.15) is 25.8 Å². The van der Waals surface area contributed by atoms with Crippen molar-refractivity contribution >= 4 is 29.2 Å². The topological polar surface area (TPSA) is 34.0 Å². The number of para-hydroxylation sites is 1. The molecule has 0 saturated carbocycles. The van der Waals surface area contributed by atoms with Gasteiger partial charge in [-0.15, -0.1) is 11.6 Å². The van der Waals surface area contributed by atoms with Gasteiger partial charge in [0.05, 0.1) is 9.74 Å². The molecule has 0 bridgehead atoms. The smallest absolute Gasteiger partial charge is 0.188 e. The average molecular weight is 349 g/mol. The maximum atomic E-state index is 12.5. The highest BCUT2D eigenvalue weighted by molar-refractivity contribution is 8.01. The number of fused-ring (bicyclic) bond motifs is 1. The summed E-state index contributed by atoms with van der Waals surface area (Å²) in [6.07, 6.45) is 1.58. The first-order valence-electron chi connectivity index (χ1n) is 7.95. The SMILES string of the molecule is CC(C)CNc1cc(=O)c2c(n1-c1ccccc1)SC(Cl)CC2. The molecule has 1 N–H and O–H groups in total. The van der Waals surface area contributed by atoms with E-state index in [9.17, 15) is 4.79 Å². The highest BCUT2D eigenvalue weighted by atomic mass is 35.5. The molecule has 0 saturated heterocycles. The fraction of sp³-hybridized carbons (Fsp3) is 0.389. The van der Waals surface area contributed by atoms with Crippen LogP contribution in [0.15, 0.2) is 46.2 Å². The summed E-state index contributed by atoms with van der Waals surface area (Å²) in [6, 6.07) is 11.9. The molecule has 1 atom stereocenters. The van der Waals surface area contributed by atoms with Gasteiger partial charge in [-0.05, 0) is 30.9 Å². The lowest BCUT2D eigenvalue weighted by molar-refractivity contribution is 0.680. The Morgan fingerprint density at radius 1 is 1.35 bits per heavy atom. The molecule has 0 aliphatic carbocycles. The number of benzene rings is 1. The maximum Gasteiger partial charge on any atom is 0.188 e. The number of thioether (sulfide) groups is 1. The van der Waals surface area contributed by atoms with Crippen molar-refractivity contribution in [1.82, 2.24) is 4.57 Å². The van der Waals surface area contributed by atoms with Crippen LogP contribution < -0.4 is 10.7 Å². The second-order valence-corrected chi connectivity index (χ2v) is 8.17.